The highest BCUT2D eigenvalue weighted by Gasteiger charge is 2.22. The molecule has 1 aliphatic heterocycles. The van der Waals surface area contributed by atoms with E-state index in [0.717, 1.165) is 31.5 Å². The zero-order valence-electron chi connectivity index (χ0n) is 12.9. The summed E-state index contributed by atoms with van der Waals surface area (Å²) >= 11 is 0. The Morgan fingerprint density at radius 2 is 1.86 bits per heavy atom. The van der Waals surface area contributed by atoms with Crippen molar-refractivity contribution in [2.45, 2.75) is 51.7 Å². The van der Waals surface area contributed by atoms with Crippen molar-refractivity contribution in [3.05, 3.63) is 29.8 Å². The lowest BCUT2D eigenvalue weighted by Gasteiger charge is -2.24. The van der Waals surface area contributed by atoms with Crippen LogP contribution in [0.2, 0.25) is 0 Å². The van der Waals surface area contributed by atoms with E-state index in [1.807, 2.05) is 23.1 Å². The van der Waals surface area contributed by atoms with Crippen LogP contribution < -0.4 is 4.74 Å². The standard InChI is InChI=1S/C17H25NO3/c1-13(19)15-8-7-9-16(12-15)21-14(2)17(20)18-10-5-3-4-6-11-18/h7-9,12-14,19H,3-6,10-11H2,1-2H3. The van der Waals surface area contributed by atoms with Gasteiger partial charge in [0, 0.05) is 13.1 Å². The topological polar surface area (TPSA) is 49.8 Å². The second-order valence-corrected chi connectivity index (χ2v) is 5.75. The molecule has 2 rings (SSSR count). The second-order valence-electron chi connectivity index (χ2n) is 5.75. The maximum absolute atomic E-state index is 12.4. The molecular weight excluding hydrogens is 266 g/mol. The number of rotatable bonds is 4. The highest BCUT2D eigenvalue weighted by Crippen LogP contribution is 2.20. The van der Waals surface area contributed by atoms with E-state index >= 15 is 0 Å². The molecule has 2 atom stereocenters. The van der Waals surface area contributed by atoms with Crippen molar-refractivity contribution in [3.63, 3.8) is 0 Å². The Morgan fingerprint density at radius 3 is 2.48 bits per heavy atom. The lowest BCUT2D eigenvalue weighted by molar-refractivity contribution is -0.137. The van der Waals surface area contributed by atoms with Crippen LogP contribution in [-0.4, -0.2) is 35.1 Å². The van der Waals surface area contributed by atoms with Crippen molar-refractivity contribution < 1.29 is 14.6 Å². The van der Waals surface area contributed by atoms with E-state index in [4.69, 9.17) is 4.74 Å². The number of likely N-dealkylation sites (tertiary alicyclic amines) is 1. The van der Waals surface area contributed by atoms with E-state index in [2.05, 4.69) is 0 Å². The SMILES string of the molecule is CC(Oc1cccc(C(C)O)c1)C(=O)N1CCCCCC1. The molecule has 116 valence electrons. The molecule has 1 amide bonds. The van der Waals surface area contributed by atoms with Gasteiger partial charge in [-0.3, -0.25) is 4.79 Å². The van der Waals surface area contributed by atoms with Crippen LogP contribution in [-0.2, 0) is 4.79 Å². The molecule has 0 radical (unpaired) electrons. The van der Waals surface area contributed by atoms with Crippen LogP contribution in [0.15, 0.2) is 24.3 Å². The van der Waals surface area contributed by atoms with Gasteiger partial charge in [0.25, 0.3) is 5.91 Å². The van der Waals surface area contributed by atoms with Gasteiger partial charge in [-0.25, -0.2) is 0 Å². The fraction of sp³-hybridized carbons (Fsp3) is 0.588. The van der Waals surface area contributed by atoms with Gasteiger partial charge >= 0.3 is 0 Å². The summed E-state index contributed by atoms with van der Waals surface area (Å²) in [4.78, 5) is 14.3. The van der Waals surface area contributed by atoms with Crippen molar-refractivity contribution in [2.75, 3.05) is 13.1 Å². The molecule has 0 saturated carbocycles. The maximum Gasteiger partial charge on any atom is 0.263 e. The molecule has 1 fully saturated rings. The van der Waals surface area contributed by atoms with Crippen LogP contribution in [0.4, 0.5) is 0 Å². The van der Waals surface area contributed by atoms with E-state index in [1.165, 1.54) is 12.8 Å². The Hall–Kier alpha value is -1.55. The summed E-state index contributed by atoms with van der Waals surface area (Å²) in [5, 5.41) is 9.60. The molecular formula is C17H25NO3. The van der Waals surface area contributed by atoms with Crippen LogP contribution in [0.25, 0.3) is 0 Å². The monoisotopic (exact) mass is 291 g/mol. The number of ether oxygens (including phenoxy) is 1. The van der Waals surface area contributed by atoms with E-state index in [9.17, 15) is 9.90 Å². The Bertz CT molecular complexity index is 465. The molecule has 21 heavy (non-hydrogen) atoms. The van der Waals surface area contributed by atoms with Crippen LogP contribution in [0.5, 0.6) is 5.75 Å². The van der Waals surface area contributed by atoms with Gasteiger partial charge in [-0.2, -0.15) is 0 Å². The van der Waals surface area contributed by atoms with Crippen LogP contribution in [0, 0.1) is 0 Å². The average Bonchev–Trinajstić information content (AvgIpc) is 2.75. The Balaban J connectivity index is 1.98. The van der Waals surface area contributed by atoms with Crippen molar-refractivity contribution >= 4 is 5.91 Å². The van der Waals surface area contributed by atoms with Crippen molar-refractivity contribution in [2.24, 2.45) is 0 Å². The Morgan fingerprint density at radius 1 is 1.19 bits per heavy atom. The molecule has 2 unspecified atom stereocenters. The summed E-state index contributed by atoms with van der Waals surface area (Å²) < 4.78 is 5.76. The zero-order chi connectivity index (χ0) is 15.2. The number of amides is 1. The van der Waals surface area contributed by atoms with E-state index in [0.29, 0.717) is 5.75 Å². The lowest BCUT2D eigenvalue weighted by Crippen LogP contribution is -2.41. The number of aliphatic hydroxyl groups is 1. The first-order valence-corrected chi connectivity index (χ1v) is 7.81. The zero-order valence-corrected chi connectivity index (χ0v) is 12.9. The van der Waals surface area contributed by atoms with E-state index in [1.54, 1.807) is 19.9 Å². The molecule has 1 N–H and O–H groups in total. The van der Waals surface area contributed by atoms with E-state index < -0.39 is 12.2 Å². The third-order valence-electron chi connectivity index (χ3n) is 3.92. The molecule has 0 spiro atoms. The fourth-order valence-electron chi connectivity index (χ4n) is 2.65. The summed E-state index contributed by atoms with van der Waals surface area (Å²) in [6.45, 7) is 5.17. The van der Waals surface area contributed by atoms with Crippen LogP contribution in [0.3, 0.4) is 0 Å². The highest BCUT2D eigenvalue weighted by molar-refractivity contribution is 5.80. The summed E-state index contributed by atoms with van der Waals surface area (Å²) in [7, 11) is 0. The summed E-state index contributed by atoms with van der Waals surface area (Å²) in [5.41, 5.74) is 0.793. The van der Waals surface area contributed by atoms with Gasteiger partial charge in [0.15, 0.2) is 6.10 Å². The lowest BCUT2D eigenvalue weighted by atomic mass is 10.1. The quantitative estimate of drug-likeness (QED) is 0.928. The third-order valence-corrected chi connectivity index (χ3v) is 3.92. The Kier molecular flexibility index (Phi) is 5.62. The predicted molar refractivity (Wildman–Crippen MR) is 82.2 cm³/mol. The number of hydrogen-bond acceptors (Lipinski definition) is 3. The normalized spacial score (nSPS) is 18.7. The van der Waals surface area contributed by atoms with Gasteiger partial charge in [0.2, 0.25) is 0 Å². The summed E-state index contributed by atoms with van der Waals surface area (Å²) in [6, 6.07) is 7.29. The van der Waals surface area contributed by atoms with Crippen molar-refractivity contribution in [1.82, 2.24) is 4.90 Å². The smallest absolute Gasteiger partial charge is 0.263 e. The number of carbonyl (C=O) groups is 1. The first-order valence-electron chi connectivity index (χ1n) is 7.81. The van der Waals surface area contributed by atoms with Gasteiger partial charge in [0.1, 0.15) is 5.75 Å². The number of carbonyl (C=O) groups excluding carboxylic acids is 1. The largest absolute Gasteiger partial charge is 0.481 e. The number of benzene rings is 1. The third kappa shape index (κ3) is 4.46. The average molecular weight is 291 g/mol. The van der Waals surface area contributed by atoms with Crippen LogP contribution >= 0.6 is 0 Å². The Labute approximate surface area is 126 Å². The van der Waals surface area contributed by atoms with Gasteiger partial charge in [-0.05, 0) is 44.4 Å². The first kappa shape index (κ1) is 15.8. The van der Waals surface area contributed by atoms with Crippen molar-refractivity contribution in [3.8, 4) is 5.75 Å². The van der Waals surface area contributed by atoms with Gasteiger partial charge < -0.3 is 14.7 Å². The molecule has 1 aromatic rings. The fourth-order valence-corrected chi connectivity index (χ4v) is 2.65. The van der Waals surface area contributed by atoms with Crippen LogP contribution in [0.1, 0.15) is 51.2 Å². The molecule has 1 aliphatic rings. The van der Waals surface area contributed by atoms with Crippen molar-refractivity contribution in [1.29, 1.82) is 0 Å². The molecule has 0 aromatic heterocycles. The van der Waals surface area contributed by atoms with Gasteiger partial charge in [0.05, 0.1) is 6.10 Å². The highest BCUT2D eigenvalue weighted by atomic mass is 16.5. The molecule has 1 aromatic carbocycles. The van der Waals surface area contributed by atoms with Gasteiger partial charge in [-0.15, -0.1) is 0 Å². The number of aliphatic hydroxyl groups excluding tert-OH is 1. The first-order chi connectivity index (χ1) is 10.1. The summed E-state index contributed by atoms with van der Waals surface area (Å²) in [5.74, 6) is 0.684. The minimum atomic E-state index is -0.537. The van der Waals surface area contributed by atoms with E-state index in [-0.39, 0.29) is 5.91 Å². The maximum atomic E-state index is 12.4. The van der Waals surface area contributed by atoms with Gasteiger partial charge in [-0.1, -0.05) is 25.0 Å². The minimum Gasteiger partial charge on any atom is -0.481 e. The predicted octanol–water partition coefficient (Wildman–Crippen LogP) is 2.91. The second kappa shape index (κ2) is 7.46. The molecule has 0 aliphatic carbocycles. The molecule has 0 bridgehead atoms. The molecule has 1 saturated heterocycles. The molecule has 4 heteroatoms. The number of hydrogen-bond donors (Lipinski definition) is 1. The molecule has 4 nitrogen and oxygen atoms in total. The summed E-state index contributed by atoms with van der Waals surface area (Å²) in [6.07, 6.45) is 3.54. The number of nitrogens with zero attached hydrogens (tertiary/aromatic N) is 1. The minimum absolute atomic E-state index is 0.0550. The molecule has 1 heterocycles.